The molecule has 0 bridgehead atoms. The van der Waals surface area contributed by atoms with Crippen molar-refractivity contribution in [2.75, 3.05) is 20.8 Å². The number of para-hydroxylation sites is 1. The molecule has 37 heavy (non-hydrogen) atoms. The molecule has 0 fully saturated rings. The van der Waals surface area contributed by atoms with Crippen LogP contribution in [0.4, 0.5) is 4.39 Å². The van der Waals surface area contributed by atoms with Crippen LogP contribution in [-0.4, -0.2) is 47.8 Å². The second kappa shape index (κ2) is 10.3. The van der Waals surface area contributed by atoms with Crippen LogP contribution in [0.25, 0.3) is 33.1 Å². The van der Waals surface area contributed by atoms with Crippen molar-refractivity contribution in [3.05, 3.63) is 89.9 Å². The van der Waals surface area contributed by atoms with E-state index >= 15 is 0 Å². The number of nitrogens with zero attached hydrogens (tertiary/aromatic N) is 1. The standard InChI is InChI=1S/C29H26FN3O4.H2/c1-36-20-8-10-26-22(13-20)23(14-27(33-26)17-7-9-24(30)28(12-17)37-2)29(35)32-19(16-34)11-18-15-31-25-6-4-3-5-21(18)25;/h3-10,12-15,19,31,34H,11,16H2,1-2H3,(H,32,35);1H/t19-;/m1./s1. The Morgan fingerprint density at radius 3 is 2.70 bits per heavy atom. The van der Waals surface area contributed by atoms with Crippen LogP contribution >= 0.6 is 0 Å². The number of benzene rings is 3. The lowest BCUT2D eigenvalue weighted by Crippen LogP contribution is -2.39. The minimum atomic E-state index is -0.519. The fraction of sp³-hybridized carbons (Fsp3) is 0.172. The fourth-order valence-corrected chi connectivity index (χ4v) is 4.48. The van der Waals surface area contributed by atoms with Crippen LogP contribution in [0.3, 0.4) is 0 Å². The summed E-state index contributed by atoms with van der Waals surface area (Å²) < 4.78 is 24.5. The molecular weight excluding hydrogens is 473 g/mol. The number of hydrogen-bond donors (Lipinski definition) is 3. The number of methoxy groups -OCH3 is 2. The van der Waals surface area contributed by atoms with E-state index in [1.54, 1.807) is 43.5 Å². The van der Waals surface area contributed by atoms with Crippen molar-refractivity contribution >= 4 is 27.7 Å². The largest absolute Gasteiger partial charge is 0.497 e. The number of ether oxygens (including phenoxy) is 2. The first-order chi connectivity index (χ1) is 18.0. The zero-order valence-electron chi connectivity index (χ0n) is 20.4. The van der Waals surface area contributed by atoms with E-state index in [-0.39, 0.29) is 19.7 Å². The molecule has 2 heterocycles. The Morgan fingerprint density at radius 2 is 1.92 bits per heavy atom. The van der Waals surface area contributed by atoms with Gasteiger partial charge in [-0.25, -0.2) is 9.37 Å². The minimum Gasteiger partial charge on any atom is -0.497 e. The van der Waals surface area contributed by atoms with E-state index in [0.717, 1.165) is 16.5 Å². The van der Waals surface area contributed by atoms with Crippen molar-refractivity contribution in [3.63, 3.8) is 0 Å². The Hall–Kier alpha value is -4.43. The van der Waals surface area contributed by atoms with Crippen LogP contribution in [0.2, 0.25) is 0 Å². The second-order valence-electron chi connectivity index (χ2n) is 8.70. The maximum Gasteiger partial charge on any atom is 0.252 e. The van der Waals surface area contributed by atoms with E-state index in [9.17, 15) is 14.3 Å². The van der Waals surface area contributed by atoms with E-state index in [4.69, 9.17) is 14.5 Å². The first kappa shape index (κ1) is 24.3. The van der Waals surface area contributed by atoms with Crippen LogP contribution < -0.4 is 14.8 Å². The molecule has 0 saturated carbocycles. The van der Waals surface area contributed by atoms with Crippen molar-refractivity contribution in [2.24, 2.45) is 0 Å². The molecule has 5 rings (SSSR count). The lowest BCUT2D eigenvalue weighted by Gasteiger charge is -2.18. The number of carbonyl (C=O) groups excluding carboxylic acids is 1. The van der Waals surface area contributed by atoms with E-state index in [1.807, 2.05) is 30.5 Å². The first-order valence-electron chi connectivity index (χ1n) is 11.8. The molecule has 0 saturated heterocycles. The first-order valence-corrected chi connectivity index (χ1v) is 11.8. The second-order valence-corrected chi connectivity index (χ2v) is 8.70. The average molecular weight is 502 g/mol. The highest BCUT2D eigenvalue weighted by Crippen LogP contribution is 2.30. The third-order valence-corrected chi connectivity index (χ3v) is 6.40. The van der Waals surface area contributed by atoms with Gasteiger partial charge in [0, 0.05) is 29.5 Å². The molecule has 8 heteroatoms. The van der Waals surface area contributed by atoms with Gasteiger partial charge in [0.25, 0.3) is 5.91 Å². The number of rotatable bonds is 8. The van der Waals surface area contributed by atoms with E-state index in [1.165, 1.54) is 13.2 Å². The highest BCUT2D eigenvalue weighted by atomic mass is 19.1. The highest BCUT2D eigenvalue weighted by molar-refractivity contribution is 6.07. The maximum atomic E-state index is 14.0. The van der Waals surface area contributed by atoms with Crippen LogP contribution in [0, 0.1) is 5.82 Å². The molecule has 7 nitrogen and oxygen atoms in total. The molecule has 3 N–H and O–H groups in total. The number of aliphatic hydroxyl groups excluding tert-OH is 1. The van der Waals surface area contributed by atoms with Gasteiger partial charge in [-0.2, -0.15) is 0 Å². The monoisotopic (exact) mass is 501 g/mol. The van der Waals surface area contributed by atoms with Crippen molar-refractivity contribution in [1.29, 1.82) is 0 Å². The van der Waals surface area contributed by atoms with Gasteiger partial charge in [0.2, 0.25) is 0 Å². The lowest BCUT2D eigenvalue weighted by molar-refractivity contribution is 0.0918. The third-order valence-electron chi connectivity index (χ3n) is 6.40. The van der Waals surface area contributed by atoms with E-state index in [0.29, 0.717) is 39.9 Å². The highest BCUT2D eigenvalue weighted by Gasteiger charge is 2.20. The smallest absolute Gasteiger partial charge is 0.252 e. The van der Waals surface area contributed by atoms with Gasteiger partial charge in [0.15, 0.2) is 11.6 Å². The van der Waals surface area contributed by atoms with Gasteiger partial charge >= 0.3 is 0 Å². The van der Waals surface area contributed by atoms with Gasteiger partial charge in [-0.15, -0.1) is 0 Å². The van der Waals surface area contributed by atoms with Gasteiger partial charge in [-0.1, -0.05) is 18.2 Å². The summed E-state index contributed by atoms with van der Waals surface area (Å²) in [5.41, 5.74) is 4.01. The van der Waals surface area contributed by atoms with Gasteiger partial charge in [0.05, 0.1) is 43.6 Å². The number of nitrogens with one attached hydrogen (secondary N) is 2. The Kier molecular flexibility index (Phi) is 6.74. The molecule has 0 spiro atoms. The van der Waals surface area contributed by atoms with Gasteiger partial charge in [-0.05, 0) is 60.5 Å². The summed E-state index contributed by atoms with van der Waals surface area (Å²) in [6, 6.07) is 18.7. The number of aromatic nitrogens is 2. The number of carbonyl (C=O) groups is 1. The van der Waals surface area contributed by atoms with Gasteiger partial charge in [-0.3, -0.25) is 4.79 Å². The van der Waals surface area contributed by atoms with Gasteiger partial charge < -0.3 is 24.9 Å². The van der Waals surface area contributed by atoms with E-state index in [2.05, 4.69) is 10.3 Å². The van der Waals surface area contributed by atoms with E-state index < -0.39 is 11.9 Å². The molecule has 0 aliphatic rings. The third kappa shape index (κ3) is 4.83. The number of fused-ring (bicyclic) bond motifs is 2. The molecule has 0 radical (unpaired) electrons. The summed E-state index contributed by atoms with van der Waals surface area (Å²) in [6.07, 6.45) is 2.34. The minimum absolute atomic E-state index is 0. The average Bonchev–Trinajstić information content (AvgIpc) is 3.34. The predicted molar refractivity (Wildman–Crippen MR) is 143 cm³/mol. The van der Waals surface area contributed by atoms with Crippen LogP contribution in [0.5, 0.6) is 11.5 Å². The van der Waals surface area contributed by atoms with Crippen molar-refractivity contribution in [1.82, 2.24) is 15.3 Å². The SMILES string of the molecule is COc1ccc2nc(-c3ccc(F)c(OC)c3)cc(C(=O)N[C@@H](CO)Cc3c[nH]c4ccccc34)c2c1.[HH]. The quantitative estimate of drug-likeness (QED) is 0.274. The Labute approximate surface area is 214 Å². The summed E-state index contributed by atoms with van der Waals surface area (Å²) >= 11 is 0. The Morgan fingerprint density at radius 1 is 1.08 bits per heavy atom. The molecule has 0 aliphatic carbocycles. The summed E-state index contributed by atoms with van der Waals surface area (Å²) in [5.74, 6) is -0.191. The van der Waals surface area contributed by atoms with Gasteiger partial charge in [0.1, 0.15) is 5.75 Å². The summed E-state index contributed by atoms with van der Waals surface area (Å²) in [6.45, 7) is -0.237. The number of hydrogen-bond acceptors (Lipinski definition) is 5. The van der Waals surface area contributed by atoms with Crippen LogP contribution in [0.1, 0.15) is 17.3 Å². The molecule has 1 atom stereocenters. The molecule has 2 aromatic heterocycles. The Balaban J connectivity index is 0.00000336. The van der Waals surface area contributed by atoms with Crippen LogP contribution in [0.15, 0.2) is 72.9 Å². The zero-order valence-corrected chi connectivity index (χ0v) is 20.4. The normalized spacial score (nSPS) is 12.0. The number of pyridine rings is 1. The fourth-order valence-electron chi connectivity index (χ4n) is 4.48. The molecule has 5 aromatic rings. The van der Waals surface area contributed by atoms with Crippen molar-refractivity contribution in [3.8, 4) is 22.8 Å². The molecule has 190 valence electrons. The number of aromatic amines is 1. The molecule has 0 unspecified atom stereocenters. The number of amides is 1. The number of aliphatic hydroxyl groups is 1. The maximum absolute atomic E-state index is 14.0. The number of H-pyrrole nitrogens is 1. The summed E-state index contributed by atoms with van der Waals surface area (Å²) in [5, 5.41) is 14.7. The molecule has 3 aromatic carbocycles. The van der Waals surface area contributed by atoms with Crippen molar-refractivity contribution < 1.29 is 25.2 Å². The molecule has 0 aliphatic heterocycles. The van der Waals surface area contributed by atoms with Crippen molar-refractivity contribution in [2.45, 2.75) is 12.5 Å². The molecule has 1 amide bonds. The summed E-state index contributed by atoms with van der Waals surface area (Å²) in [4.78, 5) is 21.5. The Bertz CT molecular complexity index is 1600. The van der Waals surface area contributed by atoms with Crippen LogP contribution in [-0.2, 0) is 6.42 Å². The lowest BCUT2D eigenvalue weighted by atomic mass is 10.0. The molecular formula is C29H28FN3O4. The summed E-state index contributed by atoms with van der Waals surface area (Å²) in [7, 11) is 2.94. The predicted octanol–water partition coefficient (Wildman–Crippen LogP) is 5.12. The number of halogens is 1. The topological polar surface area (TPSA) is 96.5 Å². The zero-order chi connectivity index (χ0) is 25.9.